The third kappa shape index (κ3) is 5.43. The first-order chi connectivity index (χ1) is 8.60. The van der Waals surface area contributed by atoms with Gasteiger partial charge in [-0.25, -0.2) is 0 Å². The second-order valence-corrected chi connectivity index (χ2v) is 5.22. The van der Waals surface area contributed by atoms with Crippen LogP contribution in [0.15, 0.2) is 24.3 Å². The first-order valence-electron chi connectivity index (χ1n) is 4.88. The Morgan fingerprint density at radius 2 is 1.74 bits per heavy atom. The molecule has 9 heteroatoms. The van der Waals surface area contributed by atoms with Crippen LogP contribution >= 0.6 is 0 Å². The molecule has 0 saturated carbocycles. The standard InChI is InChI=1S/C10H10F4O4S/c1-19(15,16)17-6-7-2-4-8(5-3-7)18-10(13,14)9(11)12/h2-5,9H,6H2,1H3. The molecule has 0 heterocycles. The van der Waals surface area contributed by atoms with Crippen LogP contribution in [0.3, 0.4) is 0 Å². The van der Waals surface area contributed by atoms with Crippen LogP contribution in [0, 0.1) is 0 Å². The van der Waals surface area contributed by atoms with Crippen LogP contribution in [0.1, 0.15) is 5.56 Å². The third-order valence-electron chi connectivity index (χ3n) is 1.87. The molecular formula is C10H10F4O4S. The first kappa shape index (κ1) is 15.7. The molecule has 0 amide bonds. The quantitative estimate of drug-likeness (QED) is 0.598. The van der Waals surface area contributed by atoms with Gasteiger partial charge >= 0.3 is 12.5 Å². The topological polar surface area (TPSA) is 52.6 Å². The highest BCUT2D eigenvalue weighted by Gasteiger charge is 2.43. The molecule has 1 aromatic rings. The minimum atomic E-state index is -4.58. The van der Waals surface area contributed by atoms with Crippen LogP contribution in [-0.4, -0.2) is 27.2 Å². The van der Waals surface area contributed by atoms with E-state index in [2.05, 4.69) is 8.92 Å². The minimum Gasteiger partial charge on any atom is -0.428 e. The lowest BCUT2D eigenvalue weighted by molar-refractivity contribution is -0.253. The molecule has 0 aromatic heterocycles. The van der Waals surface area contributed by atoms with E-state index in [1.54, 1.807) is 0 Å². The van der Waals surface area contributed by atoms with Gasteiger partial charge in [-0.2, -0.15) is 26.0 Å². The van der Waals surface area contributed by atoms with Gasteiger partial charge in [-0.05, 0) is 17.7 Å². The van der Waals surface area contributed by atoms with Gasteiger partial charge in [0, 0.05) is 0 Å². The van der Waals surface area contributed by atoms with Crippen LogP contribution in [0.25, 0.3) is 0 Å². The van der Waals surface area contributed by atoms with Crippen molar-refractivity contribution in [2.45, 2.75) is 19.1 Å². The van der Waals surface area contributed by atoms with Gasteiger partial charge in [-0.1, -0.05) is 12.1 Å². The smallest absolute Gasteiger partial charge is 0.428 e. The third-order valence-corrected chi connectivity index (χ3v) is 2.42. The fourth-order valence-electron chi connectivity index (χ4n) is 1.03. The van der Waals surface area contributed by atoms with Gasteiger partial charge in [0.05, 0.1) is 12.9 Å². The summed E-state index contributed by atoms with van der Waals surface area (Å²) in [7, 11) is -3.62. The zero-order valence-electron chi connectivity index (χ0n) is 9.65. The summed E-state index contributed by atoms with van der Waals surface area (Å²) in [5.41, 5.74) is 0.359. The van der Waals surface area contributed by atoms with E-state index in [1.165, 1.54) is 12.1 Å². The van der Waals surface area contributed by atoms with Gasteiger partial charge in [-0.3, -0.25) is 4.18 Å². The fraction of sp³-hybridized carbons (Fsp3) is 0.400. The Kier molecular flexibility index (Phi) is 4.75. The molecule has 19 heavy (non-hydrogen) atoms. The first-order valence-corrected chi connectivity index (χ1v) is 6.70. The fourth-order valence-corrected chi connectivity index (χ4v) is 1.38. The van der Waals surface area contributed by atoms with Crippen LogP contribution in [0.4, 0.5) is 17.6 Å². The van der Waals surface area contributed by atoms with E-state index in [0.29, 0.717) is 5.56 Å². The molecule has 108 valence electrons. The highest BCUT2D eigenvalue weighted by molar-refractivity contribution is 7.85. The Morgan fingerprint density at radius 1 is 1.21 bits per heavy atom. The maximum absolute atomic E-state index is 12.6. The predicted octanol–water partition coefficient (Wildman–Crippen LogP) is 2.40. The van der Waals surface area contributed by atoms with Gasteiger partial charge in [0.1, 0.15) is 5.75 Å². The predicted molar refractivity (Wildman–Crippen MR) is 57.7 cm³/mol. The summed E-state index contributed by atoms with van der Waals surface area (Å²) in [5, 5.41) is 0. The zero-order chi connectivity index (χ0) is 14.7. The molecule has 0 bridgehead atoms. The van der Waals surface area contributed by atoms with Crippen molar-refractivity contribution in [2.75, 3.05) is 6.26 Å². The molecule has 4 nitrogen and oxygen atoms in total. The van der Waals surface area contributed by atoms with Gasteiger partial charge in [0.25, 0.3) is 10.1 Å². The molecule has 1 aromatic carbocycles. The Labute approximate surface area is 107 Å². The monoisotopic (exact) mass is 302 g/mol. The van der Waals surface area contributed by atoms with E-state index in [0.717, 1.165) is 18.4 Å². The van der Waals surface area contributed by atoms with E-state index in [9.17, 15) is 26.0 Å². The molecule has 0 N–H and O–H groups in total. The lowest BCUT2D eigenvalue weighted by atomic mass is 10.2. The molecule has 0 aliphatic heterocycles. The summed E-state index contributed by atoms with van der Waals surface area (Å²) < 4.78 is 78.5. The second-order valence-electron chi connectivity index (χ2n) is 3.57. The molecule has 0 unspecified atom stereocenters. The molecule has 0 radical (unpaired) electrons. The summed E-state index contributed by atoms with van der Waals surface area (Å²) >= 11 is 0. The molecule has 0 aliphatic rings. The summed E-state index contributed by atoms with van der Waals surface area (Å²) in [5.74, 6) is -0.464. The lowest BCUT2D eigenvalue weighted by Crippen LogP contribution is -2.33. The van der Waals surface area contributed by atoms with E-state index in [1.807, 2.05) is 0 Å². The second kappa shape index (κ2) is 5.74. The number of hydrogen-bond donors (Lipinski definition) is 0. The van der Waals surface area contributed by atoms with Gasteiger partial charge in [-0.15, -0.1) is 0 Å². The number of ether oxygens (including phenoxy) is 1. The van der Waals surface area contributed by atoms with Crippen LogP contribution in [0.5, 0.6) is 5.75 Å². The van der Waals surface area contributed by atoms with Gasteiger partial charge < -0.3 is 4.74 Å². The van der Waals surface area contributed by atoms with Crippen molar-refractivity contribution in [3.63, 3.8) is 0 Å². The maximum Gasteiger partial charge on any atom is 0.461 e. The van der Waals surface area contributed by atoms with Gasteiger partial charge in [0.15, 0.2) is 0 Å². The Bertz CT molecular complexity index is 513. The average molecular weight is 302 g/mol. The number of hydrogen-bond acceptors (Lipinski definition) is 4. The largest absolute Gasteiger partial charge is 0.461 e. The van der Waals surface area contributed by atoms with E-state index in [-0.39, 0.29) is 6.61 Å². The van der Waals surface area contributed by atoms with Gasteiger partial charge in [0.2, 0.25) is 0 Å². The highest BCUT2D eigenvalue weighted by Crippen LogP contribution is 2.27. The highest BCUT2D eigenvalue weighted by atomic mass is 32.2. The maximum atomic E-state index is 12.6. The molecular weight excluding hydrogens is 292 g/mol. The SMILES string of the molecule is CS(=O)(=O)OCc1ccc(OC(F)(F)C(F)F)cc1. The Hall–Kier alpha value is -1.35. The normalized spacial score (nSPS) is 12.7. The van der Waals surface area contributed by atoms with Crippen molar-refractivity contribution in [3.05, 3.63) is 29.8 Å². The minimum absolute atomic E-state index is 0.287. The van der Waals surface area contributed by atoms with Crippen molar-refractivity contribution in [1.82, 2.24) is 0 Å². The zero-order valence-corrected chi connectivity index (χ0v) is 10.5. The number of benzene rings is 1. The molecule has 0 saturated heterocycles. The van der Waals surface area contributed by atoms with E-state index >= 15 is 0 Å². The Balaban J connectivity index is 2.67. The van der Waals surface area contributed by atoms with Crippen molar-refractivity contribution < 1.29 is 34.9 Å². The number of halogens is 4. The van der Waals surface area contributed by atoms with Crippen molar-refractivity contribution in [3.8, 4) is 5.75 Å². The van der Waals surface area contributed by atoms with Crippen LogP contribution in [-0.2, 0) is 20.9 Å². The van der Waals surface area contributed by atoms with Crippen molar-refractivity contribution in [1.29, 1.82) is 0 Å². The summed E-state index contributed by atoms with van der Waals surface area (Å²) in [6.45, 7) is -0.287. The van der Waals surface area contributed by atoms with E-state index in [4.69, 9.17) is 0 Å². The summed E-state index contributed by atoms with van der Waals surface area (Å²) in [6, 6.07) is 4.47. The lowest BCUT2D eigenvalue weighted by Gasteiger charge is -2.16. The number of alkyl halides is 4. The van der Waals surface area contributed by atoms with Crippen LogP contribution in [0.2, 0.25) is 0 Å². The number of rotatable bonds is 6. The molecule has 0 aliphatic carbocycles. The van der Waals surface area contributed by atoms with Crippen molar-refractivity contribution >= 4 is 10.1 Å². The molecule has 0 atom stereocenters. The molecule has 0 fully saturated rings. The van der Waals surface area contributed by atoms with Crippen molar-refractivity contribution in [2.24, 2.45) is 0 Å². The Morgan fingerprint density at radius 3 is 2.16 bits per heavy atom. The molecule has 0 spiro atoms. The molecule has 1 rings (SSSR count). The average Bonchev–Trinajstić information content (AvgIpc) is 2.26. The van der Waals surface area contributed by atoms with E-state index < -0.39 is 28.4 Å². The summed E-state index contributed by atoms with van der Waals surface area (Å²) in [6.07, 6.45) is -7.67. The van der Waals surface area contributed by atoms with Crippen LogP contribution < -0.4 is 4.74 Å². The summed E-state index contributed by atoms with van der Waals surface area (Å²) in [4.78, 5) is 0.